The first-order valence-corrected chi connectivity index (χ1v) is 5.05. The molecule has 4 nitrogen and oxygen atoms in total. The van der Waals surface area contributed by atoms with E-state index in [1.807, 2.05) is 4.68 Å². The number of hydrogen-bond donors (Lipinski definition) is 1. The summed E-state index contributed by atoms with van der Waals surface area (Å²) in [6.45, 7) is 3.98. The third-order valence-corrected chi connectivity index (χ3v) is 2.74. The van der Waals surface area contributed by atoms with Gasteiger partial charge in [-0.3, -0.25) is 9.48 Å². The van der Waals surface area contributed by atoms with E-state index < -0.39 is 0 Å². The van der Waals surface area contributed by atoms with Crippen molar-refractivity contribution >= 4 is 17.4 Å². The molecule has 2 heterocycles. The van der Waals surface area contributed by atoms with E-state index in [0.717, 1.165) is 25.2 Å². The number of nitrogens with one attached hydrogen (secondary N) is 1. The van der Waals surface area contributed by atoms with Crippen LogP contribution in [0.5, 0.6) is 0 Å². The number of aryl methyl sites for hydroxylation is 1. The van der Waals surface area contributed by atoms with Crippen molar-refractivity contribution < 1.29 is 4.79 Å². The number of carbonyl (C=O) groups is 1. The molecule has 0 unspecified atom stereocenters. The van der Waals surface area contributed by atoms with E-state index in [0.29, 0.717) is 17.3 Å². The molecular formula is C9H12ClN3O. The van der Waals surface area contributed by atoms with Crippen molar-refractivity contribution in [3.63, 3.8) is 0 Å². The number of aromatic nitrogens is 2. The van der Waals surface area contributed by atoms with Crippen molar-refractivity contribution in [2.24, 2.45) is 0 Å². The summed E-state index contributed by atoms with van der Waals surface area (Å²) in [4.78, 5) is 11.2. The molecule has 76 valence electrons. The number of fused-ring (bicyclic) bond motifs is 1. The highest BCUT2D eigenvalue weighted by Crippen LogP contribution is 2.22. The molecule has 0 bridgehead atoms. The average Bonchev–Trinajstić information content (AvgIpc) is 2.37. The first-order chi connectivity index (χ1) is 6.70. The first-order valence-electron chi connectivity index (χ1n) is 4.67. The van der Waals surface area contributed by atoms with Gasteiger partial charge in [0.1, 0.15) is 5.69 Å². The van der Waals surface area contributed by atoms with Crippen LogP contribution in [0, 0.1) is 0 Å². The SMILES string of the molecule is CC(=O)c1nn2c(c1Cl)CNCCC2. The van der Waals surface area contributed by atoms with Gasteiger partial charge in [-0.15, -0.1) is 0 Å². The lowest BCUT2D eigenvalue weighted by molar-refractivity contribution is 0.101. The monoisotopic (exact) mass is 213 g/mol. The smallest absolute Gasteiger partial charge is 0.181 e. The normalized spacial score (nSPS) is 16.1. The topological polar surface area (TPSA) is 46.9 Å². The summed E-state index contributed by atoms with van der Waals surface area (Å²) in [7, 11) is 0. The van der Waals surface area contributed by atoms with Crippen molar-refractivity contribution in [2.75, 3.05) is 6.54 Å². The van der Waals surface area contributed by atoms with Crippen LogP contribution in [0.1, 0.15) is 29.5 Å². The third kappa shape index (κ3) is 1.55. The number of Topliss-reactive ketones (excluding diaryl/α,β-unsaturated/α-hetero) is 1. The summed E-state index contributed by atoms with van der Waals surface area (Å²) < 4.78 is 1.83. The van der Waals surface area contributed by atoms with Gasteiger partial charge in [0.15, 0.2) is 5.78 Å². The Morgan fingerprint density at radius 1 is 1.64 bits per heavy atom. The minimum Gasteiger partial charge on any atom is -0.311 e. The van der Waals surface area contributed by atoms with Crippen LogP contribution >= 0.6 is 11.6 Å². The summed E-state index contributed by atoms with van der Waals surface area (Å²) in [6, 6.07) is 0. The maximum atomic E-state index is 11.2. The van der Waals surface area contributed by atoms with Crippen molar-refractivity contribution in [2.45, 2.75) is 26.4 Å². The van der Waals surface area contributed by atoms with Gasteiger partial charge in [-0.25, -0.2) is 0 Å². The van der Waals surface area contributed by atoms with Crippen LogP contribution in [0.3, 0.4) is 0 Å². The lowest BCUT2D eigenvalue weighted by Crippen LogP contribution is -2.12. The molecule has 0 aliphatic carbocycles. The largest absolute Gasteiger partial charge is 0.311 e. The van der Waals surface area contributed by atoms with E-state index in [2.05, 4.69) is 10.4 Å². The molecule has 5 heteroatoms. The van der Waals surface area contributed by atoms with Crippen LogP contribution in [0.2, 0.25) is 5.02 Å². The van der Waals surface area contributed by atoms with E-state index in [-0.39, 0.29) is 5.78 Å². The Kier molecular flexibility index (Phi) is 2.56. The molecule has 0 aromatic carbocycles. The van der Waals surface area contributed by atoms with Crippen molar-refractivity contribution in [1.82, 2.24) is 15.1 Å². The molecule has 0 radical (unpaired) electrons. The number of rotatable bonds is 1. The van der Waals surface area contributed by atoms with Crippen LogP contribution in [0.15, 0.2) is 0 Å². The summed E-state index contributed by atoms with van der Waals surface area (Å²) >= 11 is 6.07. The Labute approximate surface area is 87.2 Å². The highest BCUT2D eigenvalue weighted by molar-refractivity contribution is 6.34. The molecule has 1 aromatic heterocycles. The number of ketones is 1. The second-order valence-corrected chi connectivity index (χ2v) is 3.80. The van der Waals surface area contributed by atoms with Crippen molar-refractivity contribution in [3.8, 4) is 0 Å². The molecule has 0 atom stereocenters. The van der Waals surface area contributed by atoms with Gasteiger partial charge >= 0.3 is 0 Å². The molecule has 14 heavy (non-hydrogen) atoms. The van der Waals surface area contributed by atoms with Crippen LogP contribution in [0.4, 0.5) is 0 Å². The molecule has 1 aliphatic rings. The molecule has 0 fully saturated rings. The molecule has 0 spiro atoms. The fraction of sp³-hybridized carbons (Fsp3) is 0.556. The zero-order valence-corrected chi connectivity index (χ0v) is 8.76. The van der Waals surface area contributed by atoms with Gasteiger partial charge in [0.05, 0.1) is 10.7 Å². The minimum atomic E-state index is -0.0735. The number of nitrogens with zero attached hydrogens (tertiary/aromatic N) is 2. The van der Waals surface area contributed by atoms with E-state index in [9.17, 15) is 4.79 Å². The second kappa shape index (κ2) is 3.71. The second-order valence-electron chi connectivity index (χ2n) is 3.42. The summed E-state index contributed by atoms with van der Waals surface area (Å²) in [5, 5.41) is 7.95. The van der Waals surface area contributed by atoms with Crippen LogP contribution in [-0.2, 0) is 13.1 Å². The third-order valence-electron chi connectivity index (χ3n) is 2.34. The lowest BCUT2D eigenvalue weighted by atomic mass is 10.3. The Bertz CT molecular complexity index is 372. The van der Waals surface area contributed by atoms with Gasteiger partial charge in [0.25, 0.3) is 0 Å². The standard InChI is InChI=1S/C9H12ClN3O/c1-6(14)9-8(10)7-5-11-3-2-4-13(7)12-9/h11H,2-5H2,1H3. The Morgan fingerprint density at radius 2 is 2.43 bits per heavy atom. The minimum absolute atomic E-state index is 0.0735. The first kappa shape index (κ1) is 9.68. The van der Waals surface area contributed by atoms with Gasteiger partial charge in [0, 0.05) is 20.0 Å². The Balaban J connectivity index is 2.45. The molecular weight excluding hydrogens is 202 g/mol. The summed E-state index contributed by atoms with van der Waals surface area (Å²) in [5.41, 5.74) is 1.32. The van der Waals surface area contributed by atoms with Crippen molar-refractivity contribution in [1.29, 1.82) is 0 Å². The van der Waals surface area contributed by atoms with E-state index >= 15 is 0 Å². The molecule has 0 amide bonds. The average molecular weight is 214 g/mol. The van der Waals surface area contributed by atoms with E-state index in [1.165, 1.54) is 6.92 Å². The quantitative estimate of drug-likeness (QED) is 0.714. The van der Waals surface area contributed by atoms with E-state index in [1.54, 1.807) is 0 Å². The molecule has 0 saturated carbocycles. The predicted molar refractivity (Wildman–Crippen MR) is 53.6 cm³/mol. The predicted octanol–water partition coefficient (Wildman–Crippen LogP) is 1.23. The van der Waals surface area contributed by atoms with Gasteiger partial charge in [-0.2, -0.15) is 5.10 Å². The van der Waals surface area contributed by atoms with Gasteiger partial charge in [0.2, 0.25) is 0 Å². The zero-order valence-electron chi connectivity index (χ0n) is 8.01. The van der Waals surface area contributed by atoms with Gasteiger partial charge in [-0.05, 0) is 13.0 Å². The summed E-state index contributed by atoms with van der Waals surface area (Å²) in [5.74, 6) is -0.0735. The van der Waals surface area contributed by atoms with Gasteiger partial charge < -0.3 is 5.32 Å². The number of halogens is 1. The Morgan fingerprint density at radius 3 is 3.14 bits per heavy atom. The van der Waals surface area contributed by atoms with Crippen LogP contribution < -0.4 is 5.32 Å². The van der Waals surface area contributed by atoms with E-state index in [4.69, 9.17) is 11.6 Å². The maximum absolute atomic E-state index is 11.2. The molecule has 2 rings (SSSR count). The number of carbonyl (C=O) groups excluding carboxylic acids is 1. The zero-order chi connectivity index (χ0) is 10.1. The van der Waals surface area contributed by atoms with Crippen LogP contribution in [-0.4, -0.2) is 22.1 Å². The fourth-order valence-corrected chi connectivity index (χ4v) is 1.95. The Hall–Kier alpha value is -0.870. The lowest BCUT2D eigenvalue weighted by Gasteiger charge is -1.99. The van der Waals surface area contributed by atoms with Crippen LogP contribution in [0.25, 0.3) is 0 Å². The highest BCUT2D eigenvalue weighted by Gasteiger charge is 2.19. The molecule has 1 aromatic rings. The molecule has 1 N–H and O–H groups in total. The fourth-order valence-electron chi connectivity index (χ4n) is 1.61. The maximum Gasteiger partial charge on any atom is 0.181 e. The number of hydrogen-bond acceptors (Lipinski definition) is 3. The summed E-state index contributed by atoms with van der Waals surface area (Å²) in [6.07, 6.45) is 1.02. The van der Waals surface area contributed by atoms with Gasteiger partial charge in [-0.1, -0.05) is 11.6 Å². The highest BCUT2D eigenvalue weighted by atomic mass is 35.5. The molecule has 0 saturated heterocycles. The molecule has 1 aliphatic heterocycles. The van der Waals surface area contributed by atoms with Crippen molar-refractivity contribution in [3.05, 3.63) is 16.4 Å².